The molecule has 2 fully saturated rings. The first-order valence-corrected chi connectivity index (χ1v) is 4.96. The number of thioether (sulfide) groups is 1. The van der Waals surface area contributed by atoms with Crippen LogP contribution in [0.5, 0.6) is 0 Å². The fraction of sp³-hybridized carbons (Fsp3) is 0.857. The van der Waals surface area contributed by atoms with Gasteiger partial charge in [-0.3, -0.25) is 4.79 Å². The quantitative estimate of drug-likeness (QED) is 0.521. The second-order valence-corrected chi connectivity index (χ2v) is 4.53. The monoisotopic (exact) mass is 172 g/mol. The summed E-state index contributed by atoms with van der Waals surface area (Å²) in [6, 6.07) is 0.869. The molecule has 2 heterocycles. The number of hydrogen-bond acceptors (Lipinski definition) is 3. The zero-order valence-electron chi connectivity index (χ0n) is 6.46. The van der Waals surface area contributed by atoms with Crippen LogP contribution in [-0.2, 0) is 4.79 Å². The van der Waals surface area contributed by atoms with Gasteiger partial charge in [-0.15, -0.1) is 0 Å². The number of carbonyl (C=O) groups excluding carboxylic acids is 1. The largest absolute Gasteiger partial charge is 0.350 e. The fourth-order valence-electron chi connectivity index (χ4n) is 1.65. The third-order valence-electron chi connectivity index (χ3n) is 2.33. The molecule has 3 unspecified atom stereocenters. The van der Waals surface area contributed by atoms with E-state index in [4.69, 9.17) is 0 Å². The second-order valence-electron chi connectivity index (χ2n) is 3.12. The van der Waals surface area contributed by atoms with Gasteiger partial charge in [0.2, 0.25) is 5.91 Å². The van der Waals surface area contributed by atoms with Crippen LogP contribution in [0.15, 0.2) is 0 Å². The van der Waals surface area contributed by atoms with Crippen molar-refractivity contribution in [3.63, 3.8) is 0 Å². The van der Waals surface area contributed by atoms with Crippen molar-refractivity contribution >= 4 is 17.7 Å². The van der Waals surface area contributed by atoms with Gasteiger partial charge in [0.1, 0.15) is 0 Å². The first-order chi connectivity index (χ1) is 5.27. The minimum atomic E-state index is 0.139. The molecule has 2 rings (SSSR count). The average molecular weight is 172 g/mol. The number of hydrogen-bond donors (Lipinski definition) is 2. The van der Waals surface area contributed by atoms with Gasteiger partial charge in [-0.2, -0.15) is 11.8 Å². The van der Waals surface area contributed by atoms with Crippen LogP contribution in [0.1, 0.15) is 6.92 Å². The number of amides is 1. The Hall–Kier alpha value is -0.220. The Kier molecular flexibility index (Phi) is 1.81. The molecule has 2 N–H and O–H groups in total. The molecule has 2 saturated heterocycles. The fourth-order valence-corrected chi connectivity index (χ4v) is 2.96. The summed E-state index contributed by atoms with van der Waals surface area (Å²) in [5.41, 5.74) is 0. The summed E-state index contributed by atoms with van der Waals surface area (Å²) in [5, 5.41) is 6.80. The first-order valence-electron chi connectivity index (χ1n) is 3.92. The normalized spacial score (nSPS) is 43.4. The molecule has 0 aromatic heterocycles. The Morgan fingerprint density at radius 1 is 1.64 bits per heavy atom. The van der Waals surface area contributed by atoms with Crippen LogP contribution in [0.4, 0.5) is 0 Å². The highest BCUT2D eigenvalue weighted by Crippen LogP contribution is 2.27. The molecular formula is C7H12N2OS. The molecule has 0 aromatic carbocycles. The van der Waals surface area contributed by atoms with Gasteiger partial charge in [0, 0.05) is 17.0 Å². The Bertz CT molecular complexity index is 185. The minimum absolute atomic E-state index is 0.139. The van der Waals surface area contributed by atoms with Crippen molar-refractivity contribution in [3.05, 3.63) is 0 Å². The summed E-state index contributed by atoms with van der Waals surface area (Å²) < 4.78 is 0. The van der Waals surface area contributed by atoms with Crippen molar-refractivity contribution in [2.24, 2.45) is 0 Å². The van der Waals surface area contributed by atoms with Crippen molar-refractivity contribution in [1.82, 2.24) is 10.6 Å². The van der Waals surface area contributed by atoms with E-state index >= 15 is 0 Å². The zero-order chi connectivity index (χ0) is 7.84. The summed E-state index contributed by atoms with van der Waals surface area (Å²) in [4.78, 5) is 11.0. The molecule has 0 saturated carbocycles. The maximum absolute atomic E-state index is 11.0. The van der Waals surface area contributed by atoms with E-state index < -0.39 is 0 Å². The molecule has 11 heavy (non-hydrogen) atoms. The topological polar surface area (TPSA) is 41.1 Å². The Morgan fingerprint density at radius 2 is 2.45 bits per heavy atom. The van der Waals surface area contributed by atoms with Gasteiger partial charge in [0.25, 0.3) is 0 Å². The molecule has 0 aromatic rings. The van der Waals surface area contributed by atoms with E-state index in [0.29, 0.717) is 23.9 Å². The lowest BCUT2D eigenvalue weighted by Crippen LogP contribution is -2.59. The lowest BCUT2D eigenvalue weighted by atomic mass is 10.1. The van der Waals surface area contributed by atoms with Crippen LogP contribution in [-0.4, -0.2) is 35.5 Å². The molecular weight excluding hydrogens is 160 g/mol. The highest BCUT2D eigenvalue weighted by molar-refractivity contribution is 8.00. The van der Waals surface area contributed by atoms with Gasteiger partial charge in [-0.05, 0) is 0 Å². The summed E-state index contributed by atoms with van der Waals surface area (Å²) in [6.45, 7) is 2.66. The van der Waals surface area contributed by atoms with Crippen molar-refractivity contribution in [2.75, 3.05) is 12.3 Å². The number of piperazine rings is 1. The molecule has 0 aliphatic carbocycles. The second kappa shape index (κ2) is 2.68. The number of fused-ring (bicyclic) bond motifs is 1. The van der Waals surface area contributed by atoms with Crippen molar-refractivity contribution in [3.8, 4) is 0 Å². The standard InChI is InChI=1S/C7H12N2OS/c1-4-7-5(3-11-4)8-2-6(10)9-7/h4-5,7-8H,2-3H2,1H3,(H,9,10). The lowest BCUT2D eigenvalue weighted by molar-refractivity contribution is -0.122. The van der Waals surface area contributed by atoms with E-state index in [1.165, 1.54) is 0 Å². The van der Waals surface area contributed by atoms with Crippen molar-refractivity contribution < 1.29 is 4.79 Å². The summed E-state index contributed by atoms with van der Waals surface area (Å²) in [7, 11) is 0. The average Bonchev–Trinajstić information content (AvgIpc) is 2.33. The Balaban J connectivity index is 2.07. The van der Waals surface area contributed by atoms with E-state index in [-0.39, 0.29) is 5.91 Å². The third-order valence-corrected chi connectivity index (χ3v) is 3.70. The number of carbonyl (C=O) groups is 1. The van der Waals surface area contributed by atoms with Crippen LogP contribution >= 0.6 is 11.8 Å². The van der Waals surface area contributed by atoms with Gasteiger partial charge in [-0.1, -0.05) is 6.92 Å². The first kappa shape index (κ1) is 7.43. The molecule has 0 radical (unpaired) electrons. The zero-order valence-corrected chi connectivity index (χ0v) is 7.28. The van der Waals surface area contributed by atoms with Crippen LogP contribution in [0.3, 0.4) is 0 Å². The van der Waals surface area contributed by atoms with E-state index in [2.05, 4.69) is 17.6 Å². The minimum Gasteiger partial charge on any atom is -0.350 e. The number of nitrogens with one attached hydrogen (secondary N) is 2. The molecule has 4 heteroatoms. The predicted molar refractivity (Wildman–Crippen MR) is 45.6 cm³/mol. The molecule has 1 amide bonds. The van der Waals surface area contributed by atoms with Gasteiger partial charge in [0.05, 0.1) is 12.6 Å². The van der Waals surface area contributed by atoms with E-state index in [9.17, 15) is 4.79 Å². The molecule has 0 bridgehead atoms. The molecule has 3 nitrogen and oxygen atoms in total. The highest BCUT2D eigenvalue weighted by Gasteiger charge is 2.37. The van der Waals surface area contributed by atoms with Gasteiger partial charge in [0.15, 0.2) is 0 Å². The van der Waals surface area contributed by atoms with Crippen LogP contribution in [0.2, 0.25) is 0 Å². The molecule has 62 valence electrons. The van der Waals surface area contributed by atoms with Crippen LogP contribution in [0, 0.1) is 0 Å². The highest BCUT2D eigenvalue weighted by atomic mass is 32.2. The molecule has 3 atom stereocenters. The van der Waals surface area contributed by atoms with E-state index in [0.717, 1.165) is 5.75 Å². The molecule has 0 spiro atoms. The van der Waals surface area contributed by atoms with E-state index in [1.54, 1.807) is 0 Å². The number of rotatable bonds is 0. The molecule has 2 aliphatic rings. The SMILES string of the molecule is CC1SCC2NCC(=O)NC21. The van der Waals surface area contributed by atoms with Gasteiger partial charge in [-0.25, -0.2) is 0 Å². The van der Waals surface area contributed by atoms with Gasteiger partial charge >= 0.3 is 0 Å². The smallest absolute Gasteiger partial charge is 0.234 e. The molecule has 2 aliphatic heterocycles. The van der Waals surface area contributed by atoms with Crippen LogP contribution in [0.25, 0.3) is 0 Å². The summed E-state index contributed by atoms with van der Waals surface area (Å²) in [6.07, 6.45) is 0. The van der Waals surface area contributed by atoms with Crippen molar-refractivity contribution in [1.29, 1.82) is 0 Å². The maximum Gasteiger partial charge on any atom is 0.234 e. The van der Waals surface area contributed by atoms with Gasteiger partial charge < -0.3 is 10.6 Å². The predicted octanol–water partition coefficient (Wildman–Crippen LogP) is -0.422. The summed E-state index contributed by atoms with van der Waals surface area (Å²) >= 11 is 1.93. The van der Waals surface area contributed by atoms with Crippen LogP contribution < -0.4 is 10.6 Å². The Labute approximate surface area is 70.3 Å². The Morgan fingerprint density at radius 3 is 3.27 bits per heavy atom. The lowest BCUT2D eigenvalue weighted by Gasteiger charge is -2.28. The van der Waals surface area contributed by atoms with Crippen molar-refractivity contribution in [2.45, 2.75) is 24.3 Å². The third kappa shape index (κ3) is 1.25. The maximum atomic E-state index is 11.0. The van der Waals surface area contributed by atoms with E-state index in [1.807, 2.05) is 11.8 Å². The summed E-state index contributed by atoms with van der Waals surface area (Å²) in [5.74, 6) is 1.27.